The van der Waals surface area contributed by atoms with Crippen LogP contribution in [0.1, 0.15) is 24.1 Å². The summed E-state index contributed by atoms with van der Waals surface area (Å²) in [6.07, 6.45) is 8.34. The molecule has 0 unspecified atom stereocenters. The molecular formula is C22H21NO. The lowest BCUT2D eigenvalue weighted by Crippen LogP contribution is -2.33. The maximum absolute atomic E-state index is 13.3. The van der Waals surface area contributed by atoms with Gasteiger partial charge in [-0.15, -0.1) is 0 Å². The molecule has 2 aromatic rings. The Labute approximate surface area is 143 Å². The number of fused-ring (bicyclic) bond motifs is 1. The third-order valence-corrected chi connectivity index (χ3v) is 5.30. The molecule has 4 rings (SSSR count). The Balaban J connectivity index is 1.78. The number of carbonyl (C=O) groups is 1. The predicted octanol–water partition coefficient (Wildman–Crippen LogP) is 4.52. The molecule has 24 heavy (non-hydrogen) atoms. The Bertz CT molecular complexity index is 793. The fourth-order valence-corrected chi connectivity index (χ4v) is 4.01. The van der Waals surface area contributed by atoms with Gasteiger partial charge in [-0.1, -0.05) is 85.0 Å². The molecule has 0 N–H and O–H groups in total. The molecule has 120 valence electrons. The number of amides is 1. The van der Waals surface area contributed by atoms with E-state index in [9.17, 15) is 4.79 Å². The smallest absolute Gasteiger partial charge is 0.233 e. The minimum atomic E-state index is -0.454. The topological polar surface area (TPSA) is 20.3 Å². The summed E-state index contributed by atoms with van der Waals surface area (Å²) in [7, 11) is 0. The van der Waals surface area contributed by atoms with Crippen LogP contribution >= 0.6 is 0 Å². The fraction of sp³-hybridized carbons (Fsp3) is 0.227. The SMILES string of the molecule is C[C@@]12C=CC=C[C@H]1[C@H](c1ccccc1)N(Cc1ccccc1)C2=O. The fourth-order valence-electron chi connectivity index (χ4n) is 4.01. The van der Waals surface area contributed by atoms with E-state index >= 15 is 0 Å². The van der Waals surface area contributed by atoms with Gasteiger partial charge in [0.2, 0.25) is 5.91 Å². The first-order valence-electron chi connectivity index (χ1n) is 8.46. The number of rotatable bonds is 3. The number of allylic oxidation sites excluding steroid dienone is 2. The van der Waals surface area contributed by atoms with Gasteiger partial charge in [-0.05, 0) is 18.1 Å². The zero-order chi connectivity index (χ0) is 16.6. The summed E-state index contributed by atoms with van der Waals surface area (Å²) in [6.45, 7) is 2.72. The lowest BCUT2D eigenvalue weighted by molar-refractivity contribution is -0.135. The van der Waals surface area contributed by atoms with E-state index in [1.165, 1.54) is 11.1 Å². The van der Waals surface area contributed by atoms with E-state index in [4.69, 9.17) is 0 Å². The summed E-state index contributed by atoms with van der Waals surface area (Å²) in [4.78, 5) is 15.3. The van der Waals surface area contributed by atoms with Crippen LogP contribution in [-0.2, 0) is 11.3 Å². The van der Waals surface area contributed by atoms with Gasteiger partial charge in [-0.25, -0.2) is 0 Å². The molecule has 1 amide bonds. The molecule has 2 aliphatic rings. The van der Waals surface area contributed by atoms with Crippen molar-refractivity contribution < 1.29 is 4.79 Å². The van der Waals surface area contributed by atoms with Crippen LogP contribution in [0.2, 0.25) is 0 Å². The van der Waals surface area contributed by atoms with Crippen molar-refractivity contribution >= 4 is 5.91 Å². The summed E-state index contributed by atoms with van der Waals surface area (Å²) in [5.74, 6) is 0.381. The average molecular weight is 315 g/mol. The number of benzene rings is 2. The average Bonchev–Trinajstić information content (AvgIpc) is 2.85. The molecule has 0 aromatic heterocycles. The Morgan fingerprint density at radius 1 is 0.958 bits per heavy atom. The first-order valence-corrected chi connectivity index (χ1v) is 8.46. The van der Waals surface area contributed by atoms with Crippen LogP contribution in [0.25, 0.3) is 0 Å². The normalized spacial score (nSPS) is 28.2. The molecule has 1 saturated heterocycles. The van der Waals surface area contributed by atoms with E-state index in [0.717, 1.165) is 0 Å². The summed E-state index contributed by atoms with van der Waals surface area (Å²) in [5, 5.41) is 0. The first kappa shape index (κ1) is 14.9. The van der Waals surface area contributed by atoms with Crippen LogP contribution in [0.15, 0.2) is 85.0 Å². The number of carbonyl (C=O) groups excluding carboxylic acids is 1. The highest BCUT2D eigenvalue weighted by Gasteiger charge is 2.54. The van der Waals surface area contributed by atoms with Gasteiger partial charge in [0.15, 0.2) is 0 Å². The Kier molecular flexibility index (Phi) is 3.61. The van der Waals surface area contributed by atoms with Gasteiger partial charge in [0.1, 0.15) is 0 Å². The van der Waals surface area contributed by atoms with Crippen molar-refractivity contribution in [3.8, 4) is 0 Å². The largest absolute Gasteiger partial charge is 0.330 e. The Hall–Kier alpha value is -2.61. The van der Waals surface area contributed by atoms with E-state index in [1.54, 1.807) is 0 Å². The standard InChI is InChI=1S/C22H21NO/c1-22-15-9-8-14-19(22)20(18-12-6-3-7-13-18)23(21(22)24)16-17-10-4-2-5-11-17/h2-15,19-20H,16H2,1H3/t19-,20-,22+/m0/s1. The number of hydrogen-bond donors (Lipinski definition) is 0. The second kappa shape index (κ2) is 5.79. The summed E-state index contributed by atoms with van der Waals surface area (Å²) < 4.78 is 0. The van der Waals surface area contributed by atoms with Crippen LogP contribution in [-0.4, -0.2) is 10.8 Å². The Morgan fingerprint density at radius 3 is 2.33 bits per heavy atom. The minimum absolute atomic E-state index is 0.0742. The molecule has 0 spiro atoms. The Morgan fingerprint density at radius 2 is 1.62 bits per heavy atom. The molecule has 1 fully saturated rings. The number of nitrogens with zero attached hydrogens (tertiary/aromatic N) is 1. The van der Waals surface area contributed by atoms with Gasteiger partial charge in [-0.2, -0.15) is 0 Å². The molecule has 2 aromatic carbocycles. The first-order chi connectivity index (χ1) is 11.7. The molecule has 1 heterocycles. The van der Waals surface area contributed by atoms with E-state index in [-0.39, 0.29) is 17.9 Å². The minimum Gasteiger partial charge on any atom is -0.330 e. The van der Waals surface area contributed by atoms with E-state index < -0.39 is 5.41 Å². The van der Waals surface area contributed by atoms with E-state index in [1.807, 2.05) is 30.3 Å². The highest BCUT2D eigenvalue weighted by atomic mass is 16.2. The zero-order valence-corrected chi connectivity index (χ0v) is 13.8. The molecule has 2 nitrogen and oxygen atoms in total. The summed E-state index contributed by atoms with van der Waals surface area (Å²) in [5.41, 5.74) is 1.92. The number of hydrogen-bond acceptors (Lipinski definition) is 1. The van der Waals surface area contributed by atoms with Crippen molar-refractivity contribution in [2.24, 2.45) is 11.3 Å². The van der Waals surface area contributed by atoms with Crippen molar-refractivity contribution in [2.45, 2.75) is 19.5 Å². The lowest BCUT2D eigenvalue weighted by Gasteiger charge is -2.29. The van der Waals surface area contributed by atoms with Crippen molar-refractivity contribution in [1.29, 1.82) is 0 Å². The monoisotopic (exact) mass is 315 g/mol. The third kappa shape index (κ3) is 2.30. The van der Waals surface area contributed by atoms with Crippen LogP contribution < -0.4 is 0 Å². The van der Waals surface area contributed by atoms with Crippen molar-refractivity contribution in [1.82, 2.24) is 4.90 Å². The molecule has 0 radical (unpaired) electrons. The molecular weight excluding hydrogens is 294 g/mol. The highest BCUT2D eigenvalue weighted by Crippen LogP contribution is 2.52. The second-order valence-corrected chi connectivity index (χ2v) is 6.83. The quantitative estimate of drug-likeness (QED) is 0.815. The van der Waals surface area contributed by atoms with Gasteiger partial charge < -0.3 is 4.90 Å². The molecule has 0 saturated carbocycles. The molecule has 1 aliphatic carbocycles. The van der Waals surface area contributed by atoms with Crippen LogP contribution in [0.5, 0.6) is 0 Å². The van der Waals surface area contributed by atoms with Crippen LogP contribution in [0, 0.1) is 11.3 Å². The lowest BCUT2D eigenvalue weighted by atomic mass is 9.73. The van der Waals surface area contributed by atoms with Gasteiger partial charge in [0, 0.05) is 12.5 Å². The van der Waals surface area contributed by atoms with E-state index in [0.29, 0.717) is 6.54 Å². The summed E-state index contributed by atoms with van der Waals surface area (Å²) >= 11 is 0. The van der Waals surface area contributed by atoms with Gasteiger partial charge >= 0.3 is 0 Å². The molecule has 0 bridgehead atoms. The van der Waals surface area contributed by atoms with Gasteiger partial charge in [0.25, 0.3) is 0 Å². The maximum Gasteiger partial charge on any atom is 0.233 e. The van der Waals surface area contributed by atoms with Crippen LogP contribution in [0.4, 0.5) is 0 Å². The molecule has 3 atom stereocenters. The van der Waals surface area contributed by atoms with Crippen LogP contribution in [0.3, 0.4) is 0 Å². The molecule has 2 heteroatoms. The second-order valence-electron chi connectivity index (χ2n) is 6.83. The zero-order valence-electron chi connectivity index (χ0n) is 13.8. The van der Waals surface area contributed by atoms with Gasteiger partial charge in [-0.3, -0.25) is 4.79 Å². The van der Waals surface area contributed by atoms with Crippen molar-refractivity contribution in [2.75, 3.05) is 0 Å². The molecule has 1 aliphatic heterocycles. The predicted molar refractivity (Wildman–Crippen MR) is 96.1 cm³/mol. The van der Waals surface area contributed by atoms with E-state index in [2.05, 4.69) is 66.4 Å². The van der Waals surface area contributed by atoms with Crippen molar-refractivity contribution in [3.63, 3.8) is 0 Å². The van der Waals surface area contributed by atoms with Gasteiger partial charge in [0.05, 0.1) is 11.5 Å². The third-order valence-electron chi connectivity index (χ3n) is 5.30. The number of likely N-dealkylation sites (tertiary alicyclic amines) is 1. The highest BCUT2D eigenvalue weighted by molar-refractivity contribution is 5.88. The van der Waals surface area contributed by atoms with Crippen molar-refractivity contribution in [3.05, 3.63) is 96.1 Å². The summed E-state index contributed by atoms with van der Waals surface area (Å²) in [6, 6.07) is 20.7. The maximum atomic E-state index is 13.3.